The standard InChI is InChI=1S/C26H26F3N3O/c1-2-17-8-7-13-23(20-10-4-3-9-19(17)20)31-25-15-18(33-16-30)14-24(32-25)21-11-5-6-12-22(21)26(27,28)29/h3-6,9-15,17H,2,7-8,16,30H2,1H3,(H,31,32). The Hall–Kier alpha value is -3.32. The molecule has 172 valence electrons. The van der Waals surface area contributed by atoms with Crippen molar-refractivity contribution in [3.05, 3.63) is 83.4 Å². The number of benzene rings is 2. The highest BCUT2D eigenvalue weighted by atomic mass is 19.4. The number of aromatic nitrogens is 1. The number of nitrogens with two attached hydrogens (primary N) is 1. The topological polar surface area (TPSA) is 60.2 Å². The molecule has 0 bridgehead atoms. The fraction of sp³-hybridized carbons (Fsp3) is 0.269. The van der Waals surface area contributed by atoms with Crippen LogP contribution in [0.1, 0.15) is 48.8 Å². The van der Waals surface area contributed by atoms with Crippen LogP contribution in [-0.2, 0) is 6.18 Å². The lowest BCUT2D eigenvalue weighted by Crippen LogP contribution is -2.10. The van der Waals surface area contributed by atoms with Crippen LogP contribution in [-0.4, -0.2) is 11.7 Å². The number of fused-ring (bicyclic) bond motifs is 1. The van der Waals surface area contributed by atoms with Crippen LogP contribution in [0.2, 0.25) is 0 Å². The first-order valence-electron chi connectivity index (χ1n) is 11.0. The second-order valence-corrected chi connectivity index (χ2v) is 7.94. The van der Waals surface area contributed by atoms with Gasteiger partial charge in [0.05, 0.1) is 11.3 Å². The Morgan fingerprint density at radius 3 is 2.52 bits per heavy atom. The van der Waals surface area contributed by atoms with E-state index in [4.69, 9.17) is 10.5 Å². The van der Waals surface area contributed by atoms with Crippen LogP contribution in [0.5, 0.6) is 5.75 Å². The van der Waals surface area contributed by atoms with Crippen molar-refractivity contribution in [3.63, 3.8) is 0 Å². The molecule has 0 fully saturated rings. The van der Waals surface area contributed by atoms with Gasteiger partial charge in [-0.2, -0.15) is 13.2 Å². The summed E-state index contributed by atoms with van der Waals surface area (Å²) in [6.07, 6.45) is 0.573. The zero-order valence-corrected chi connectivity index (χ0v) is 18.3. The number of halogens is 3. The molecule has 1 atom stereocenters. The van der Waals surface area contributed by atoms with E-state index in [-0.39, 0.29) is 18.0 Å². The Balaban J connectivity index is 1.77. The molecular weight excluding hydrogens is 427 g/mol. The van der Waals surface area contributed by atoms with Gasteiger partial charge in [0.1, 0.15) is 18.3 Å². The number of rotatable bonds is 6. The number of anilines is 1. The first-order chi connectivity index (χ1) is 15.9. The normalized spacial score (nSPS) is 15.9. The van der Waals surface area contributed by atoms with Crippen LogP contribution in [0, 0.1) is 0 Å². The van der Waals surface area contributed by atoms with E-state index < -0.39 is 11.7 Å². The lowest BCUT2D eigenvalue weighted by molar-refractivity contribution is -0.137. The summed E-state index contributed by atoms with van der Waals surface area (Å²) in [5.74, 6) is 1.19. The predicted octanol–water partition coefficient (Wildman–Crippen LogP) is 6.80. The highest BCUT2D eigenvalue weighted by Crippen LogP contribution is 2.39. The third kappa shape index (κ3) is 5.03. The third-order valence-corrected chi connectivity index (χ3v) is 5.87. The van der Waals surface area contributed by atoms with E-state index in [2.05, 4.69) is 35.4 Å². The minimum absolute atomic E-state index is 0.0168. The van der Waals surface area contributed by atoms with Crippen molar-refractivity contribution in [2.45, 2.75) is 38.3 Å². The molecular formula is C26H26F3N3O. The molecule has 0 radical (unpaired) electrons. The van der Waals surface area contributed by atoms with Gasteiger partial charge in [-0.1, -0.05) is 55.5 Å². The van der Waals surface area contributed by atoms with Crippen molar-refractivity contribution in [3.8, 4) is 17.0 Å². The molecule has 4 nitrogen and oxygen atoms in total. The predicted molar refractivity (Wildman–Crippen MR) is 125 cm³/mol. The number of nitrogens with one attached hydrogen (secondary N) is 1. The van der Waals surface area contributed by atoms with Crippen LogP contribution >= 0.6 is 0 Å². The number of hydrogen-bond acceptors (Lipinski definition) is 4. The SMILES string of the molecule is CCC1CCC=C(Nc2cc(OCN)cc(-c3ccccc3C(F)(F)F)n2)c2ccccc21. The highest BCUT2D eigenvalue weighted by molar-refractivity contribution is 5.79. The average molecular weight is 454 g/mol. The summed E-state index contributed by atoms with van der Waals surface area (Å²) in [5.41, 5.74) is 8.15. The van der Waals surface area contributed by atoms with E-state index in [1.54, 1.807) is 12.1 Å². The van der Waals surface area contributed by atoms with E-state index in [9.17, 15) is 13.2 Å². The molecule has 0 amide bonds. The smallest absolute Gasteiger partial charge is 0.417 e. The molecule has 1 aliphatic carbocycles. The van der Waals surface area contributed by atoms with Crippen molar-refractivity contribution >= 4 is 11.5 Å². The third-order valence-electron chi connectivity index (χ3n) is 5.87. The van der Waals surface area contributed by atoms with Crippen LogP contribution in [0.15, 0.2) is 66.7 Å². The van der Waals surface area contributed by atoms with Gasteiger partial charge in [0.25, 0.3) is 0 Å². The molecule has 3 aromatic rings. The van der Waals surface area contributed by atoms with Crippen molar-refractivity contribution < 1.29 is 17.9 Å². The zero-order chi connectivity index (χ0) is 23.4. The Morgan fingerprint density at radius 1 is 1.06 bits per heavy atom. The van der Waals surface area contributed by atoms with E-state index in [1.807, 2.05) is 12.1 Å². The Bertz CT molecular complexity index is 1160. The van der Waals surface area contributed by atoms with Crippen LogP contribution < -0.4 is 15.8 Å². The van der Waals surface area contributed by atoms with E-state index in [1.165, 1.54) is 23.8 Å². The summed E-state index contributed by atoms with van der Waals surface area (Å²) in [6, 6.07) is 16.7. The molecule has 1 aliphatic rings. The lowest BCUT2D eigenvalue weighted by Gasteiger charge is -2.19. The van der Waals surface area contributed by atoms with Crippen LogP contribution in [0.25, 0.3) is 17.0 Å². The number of pyridine rings is 1. The molecule has 1 aromatic heterocycles. The summed E-state index contributed by atoms with van der Waals surface area (Å²) < 4.78 is 46.3. The molecule has 33 heavy (non-hydrogen) atoms. The molecule has 2 aromatic carbocycles. The molecule has 1 unspecified atom stereocenters. The van der Waals surface area contributed by atoms with Gasteiger partial charge in [-0.05, 0) is 36.8 Å². The first kappa shape index (κ1) is 22.9. The summed E-state index contributed by atoms with van der Waals surface area (Å²) in [6.45, 7) is 2.08. The molecule has 0 saturated carbocycles. The van der Waals surface area contributed by atoms with E-state index in [0.717, 1.165) is 36.6 Å². The Kier molecular flexibility index (Phi) is 6.70. The number of nitrogens with zero attached hydrogens (tertiary/aromatic N) is 1. The molecule has 0 spiro atoms. The van der Waals surface area contributed by atoms with Gasteiger partial charge in [0.2, 0.25) is 0 Å². The van der Waals surface area contributed by atoms with Gasteiger partial charge in [-0.15, -0.1) is 0 Å². The number of hydrogen-bond donors (Lipinski definition) is 2. The summed E-state index contributed by atoms with van der Waals surface area (Å²) >= 11 is 0. The maximum atomic E-state index is 13.6. The van der Waals surface area contributed by atoms with Gasteiger partial charge in [0.15, 0.2) is 0 Å². The van der Waals surface area contributed by atoms with Crippen LogP contribution in [0.4, 0.5) is 19.0 Å². The monoisotopic (exact) mass is 453 g/mol. The Labute approximate surface area is 191 Å². The highest BCUT2D eigenvalue weighted by Gasteiger charge is 2.34. The van der Waals surface area contributed by atoms with Crippen LogP contribution in [0.3, 0.4) is 0 Å². The maximum Gasteiger partial charge on any atom is 0.417 e. The van der Waals surface area contributed by atoms with Crippen molar-refractivity contribution in [2.24, 2.45) is 5.73 Å². The van der Waals surface area contributed by atoms with Crippen molar-refractivity contribution in [1.82, 2.24) is 4.98 Å². The number of alkyl halides is 3. The summed E-state index contributed by atoms with van der Waals surface area (Å²) in [4.78, 5) is 4.52. The fourth-order valence-corrected chi connectivity index (χ4v) is 4.31. The van der Waals surface area contributed by atoms with Crippen molar-refractivity contribution in [2.75, 3.05) is 12.0 Å². The second-order valence-electron chi connectivity index (χ2n) is 7.94. The van der Waals surface area contributed by atoms with E-state index in [0.29, 0.717) is 17.5 Å². The van der Waals surface area contributed by atoms with Crippen molar-refractivity contribution in [1.29, 1.82) is 0 Å². The second kappa shape index (κ2) is 9.67. The molecule has 0 aliphatic heterocycles. The maximum absolute atomic E-state index is 13.6. The molecule has 4 rings (SSSR count). The average Bonchev–Trinajstić information content (AvgIpc) is 2.98. The molecule has 1 heterocycles. The summed E-state index contributed by atoms with van der Waals surface area (Å²) in [5, 5.41) is 3.34. The van der Waals surface area contributed by atoms with E-state index >= 15 is 0 Å². The van der Waals surface area contributed by atoms with Gasteiger partial charge in [-0.25, -0.2) is 4.98 Å². The minimum atomic E-state index is -4.51. The molecule has 7 heteroatoms. The minimum Gasteiger partial charge on any atom is -0.478 e. The summed E-state index contributed by atoms with van der Waals surface area (Å²) in [7, 11) is 0. The van der Waals surface area contributed by atoms with Gasteiger partial charge >= 0.3 is 6.18 Å². The van der Waals surface area contributed by atoms with Gasteiger partial charge in [0, 0.05) is 29.0 Å². The van der Waals surface area contributed by atoms with Gasteiger partial charge in [-0.3, -0.25) is 5.73 Å². The first-order valence-corrected chi connectivity index (χ1v) is 11.0. The molecule has 3 N–H and O–H groups in total. The Morgan fingerprint density at radius 2 is 1.79 bits per heavy atom. The lowest BCUT2D eigenvalue weighted by atomic mass is 9.90. The number of ether oxygens (including phenoxy) is 1. The number of allylic oxidation sites excluding steroid dienone is 1. The largest absolute Gasteiger partial charge is 0.478 e. The molecule has 0 saturated heterocycles. The zero-order valence-electron chi connectivity index (χ0n) is 18.3. The fourth-order valence-electron chi connectivity index (χ4n) is 4.31. The van der Waals surface area contributed by atoms with Gasteiger partial charge < -0.3 is 10.1 Å². The quantitative estimate of drug-likeness (QED) is 0.403.